The summed E-state index contributed by atoms with van der Waals surface area (Å²) in [5, 5.41) is 19.9. The molecule has 1 heterocycles. The van der Waals surface area contributed by atoms with Gasteiger partial charge in [0.2, 0.25) is 0 Å². The van der Waals surface area contributed by atoms with Gasteiger partial charge in [-0.05, 0) is 38.1 Å². The largest absolute Gasteiger partial charge is 0.489 e. The van der Waals surface area contributed by atoms with Crippen molar-refractivity contribution < 1.29 is 9.13 Å². The van der Waals surface area contributed by atoms with E-state index in [0.29, 0.717) is 12.3 Å². The van der Waals surface area contributed by atoms with Crippen molar-refractivity contribution in [1.82, 2.24) is 4.90 Å². The molecule has 0 radical (unpaired) electrons. The van der Waals surface area contributed by atoms with E-state index in [0.717, 1.165) is 19.6 Å². The molecule has 5 nitrogen and oxygen atoms in total. The van der Waals surface area contributed by atoms with Crippen molar-refractivity contribution in [3.63, 3.8) is 0 Å². The highest BCUT2D eigenvalue weighted by atomic mass is 19.1. The van der Waals surface area contributed by atoms with E-state index < -0.39 is 5.82 Å². The number of nitrogens with one attached hydrogen (secondary N) is 1. The lowest BCUT2D eigenvalue weighted by Gasteiger charge is -2.15. The number of rotatable bonds is 6. The van der Waals surface area contributed by atoms with Crippen molar-refractivity contribution in [2.24, 2.45) is 0 Å². The van der Waals surface area contributed by atoms with Crippen LogP contribution in [-0.2, 0) is 0 Å². The molecule has 6 heteroatoms. The average molecular weight is 300 g/mol. The summed E-state index contributed by atoms with van der Waals surface area (Å²) in [6.07, 6.45) is 3.67. The van der Waals surface area contributed by atoms with E-state index in [4.69, 9.17) is 15.3 Å². The maximum absolute atomic E-state index is 13.9. The summed E-state index contributed by atoms with van der Waals surface area (Å²) in [5.74, 6) is -0.273. The third-order valence-corrected chi connectivity index (χ3v) is 3.42. The fourth-order valence-electron chi connectivity index (χ4n) is 2.24. The van der Waals surface area contributed by atoms with Crippen LogP contribution >= 0.6 is 0 Å². The van der Waals surface area contributed by atoms with Crippen LogP contribution in [0.4, 0.5) is 10.1 Å². The lowest BCUT2D eigenvalue weighted by molar-refractivity contribution is 0.231. The van der Waals surface area contributed by atoms with Crippen LogP contribution in [0.15, 0.2) is 30.0 Å². The molecule has 1 N–H and O–H groups in total. The van der Waals surface area contributed by atoms with Crippen molar-refractivity contribution in [3.8, 4) is 17.9 Å². The second-order valence-corrected chi connectivity index (χ2v) is 4.97. The van der Waals surface area contributed by atoms with Crippen LogP contribution in [-0.4, -0.2) is 31.1 Å². The van der Waals surface area contributed by atoms with Crippen molar-refractivity contribution in [3.05, 3.63) is 35.8 Å². The van der Waals surface area contributed by atoms with Gasteiger partial charge in [-0.2, -0.15) is 10.5 Å². The zero-order valence-electron chi connectivity index (χ0n) is 12.2. The maximum atomic E-state index is 13.9. The molecule has 0 unspecified atom stereocenters. The van der Waals surface area contributed by atoms with Crippen LogP contribution < -0.4 is 10.1 Å². The predicted molar refractivity (Wildman–Crippen MR) is 80.5 cm³/mol. The Kier molecular flexibility index (Phi) is 5.76. The highest BCUT2D eigenvalue weighted by Gasteiger charge is 2.11. The first-order valence-corrected chi connectivity index (χ1v) is 7.14. The number of anilines is 1. The van der Waals surface area contributed by atoms with E-state index in [2.05, 4.69) is 10.2 Å². The van der Waals surface area contributed by atoms with Crippen molar-refractivity contribution >= 4 is 5.69 Å². The summed E-state index contributed by atoms with van der Waals surface area (Å²) in [6.45, 7) is 3.43. The monoisotopic (exact) mass is 300 g/mol. The number of ether oxygens (including phenoxy) is 1. The Labute approximate surface area is 129 Å². The quantitative estimate of drug-likeness (QED) is 0.818. The van der Waals surface area contributed by atoms with Gasteiger partial charge in [-0.3, -0.25) is 4.90 Å². The van der Waals surface area contributed by atoms with E-state index in [1.165, 1.54) is 31.2 Å². The number of allylic oxidation sites excluding steroid dienone is 1. The lowest BCUT2D eigenvalue weighted by Crippen LogP contribution is -2.25. The van der Waals surface area contributed by atoms with Crippen molar-refractivity contribution in [2.45, 2.75) is 12.8 Å². The van der Waals surface area contributed by atoms with Crippen LogP contribution in [0.5, 0.6) is 5.75 Å². The molecule has 1 saturated heterocycles. The van der Waals surface area contributed by atoms with Crippen LogP contribution in [0.1, 0.15) is 12.8 Å². The molecule has 0 aliphatic carbocycles. The van der Waals surface area contributed by atoms with Gasteiger partial charge in [-0.25, -0.2) is 4.39 Å². The smallest absolute Gasteiger partial charge is 0.167 e. The van der Waals surface area contributed by atoms with E-state index in [1.807, 2.05) is 0 Å². The molecule has 2 rings (SSSR count). The molecule has 22 heavy (non-hydrogen) atoms. The summed E-state index contributed by atoms with van der Waals surface area (Å²) < 4.78 is 19.4. The van der Waals surface area contributed by atoms with E-state index >= 15 is 0 Å². The van der Waals surface area contributed by atoms with Gasteiger partial charge < -0.3 is 10.1 Å². The minimum absolute atomic E-state index is 0.0775. The zero-order chi connectivity index (χ0) is 15.8. The minimum Gasteiger partial charge on any atom is -0.489 e. The summed E-state index contributed by atoms with van der Waals surface area (Å²) in [4.78, 5) is 2.30. The van der Waals surface area contributed by atoms with Crippen molar-refractivity contribution in [2.75, 3.05) is 31.6 Å². The third kappa shape index (κ3) is 4.47. The molecule has 0 spiro atoms. The topological polar surface area (TPSA) is 72.1 Å². The Morgan fingerprint density at radius 3 is 2.68 bits per heavy atom. The molecule has 0 aromatic heterocycles. The first-order valence-electron chi connectivity index (χ1n) is 7.14. The fourth-order valence-corrected chi connectivity index (χ4v) is 2.24. The second-order valence-electron chi connectivity index (χ2n) is 4.97. The number of hydrogen-bond acceptors (Lipinski definition) is 5. The number of halogens is 1. The van der Waals surface area contributed by atoms with Gasteiger partial charge in [0, 0.05) is 24.5 Å². The summed E-state index contributed by atoms with van der Waals surface area (Å²) in [5.41, 5.74) is 0.374. The number of hydrogen-bond donors (Lipinski definition) is 1. The average Bonchev–Trinajstić information content (AvgIpc) is 3.03. The highest BCUT2D eigenvalue weighted by Crippen LogP contribution is 2.21. The van der Waals surface area contributed by atoms with Gasteiger partial charge >= 0.3 is 0 Å². The predicted octanol–water partition coefficient (Wildman–Crippen LogP) is 2.64. The van der Waals surface area contributed by atoms with Crippen molar-refractivity contribution in [1.29, 1.82) is 10.5 Å². The molecule has 0 atom stereocenters. The maximum Gasteiger partial charge on any atom is 0.167 e. The number of nitrogens with zero attached hydrogens (tertiary/aromatic N) is 3. The first kappa shape index (κ1) is 15.8. The highest BCUT2D eigenvalue weighted by molar-refractivity contribution is 5.51. The summed E-state index contributed by atoms with van der Waals surface area (Å²) in [6, 6.07) is 7.88. The second kappa shape index (κ2) is 8.02. The van der Waals surface area contributed by atoms with Gasteiger partial charge in [0.15, 0.2) is 11.6 Å². The molecular formula is C16H17FN4O. The Hall–Kier alpha value is -2.57. The third-order valence-electron chi connectivity index (χ3n) is 3.42. The standard InChI is InChI=1S/C16H17FN4O/c17-15-9-14(20-12-13(10-18)11-19)3-4-16(15)22-8-7-21-5-1-2-6-21/h3-4,9,12,20H,1-2,5-8H2. The summed E-state index contributed by atoms with van der Waals surface area (Å²) >= 11 is 0. The molecule has 1 aromatic carbocycles. The van der Waals surface area contributed by atoms with Crippen LogP contribution in [0.25, 0.3) is 0 Å². The van der Waals surface area contributed by atoms with Crippen LogP contribution in [0, 0.1) is 28.5 Å². The van der Waals surface area contributed by atoms with Gasteiger partial charge in [0.1, 0.15) is 24.3 Å². The van der Waals surface area contributed by atoms with Crippen LogP contribution in [0.3, 0.4) is 0 Å². The Morgan fingerprint density at radius 2 is 2.05 bits per heavy atom. The van der Waals surface area contributed by atoms with Gasteiger partial charge in [0.05, 0.1) is 0 Å². The Balaban J connectivity index is 1.88. The number of nitriles is 2. The molecule has 114 valence electrons. The number of benzene rings is 1. The molecular weight excluding hydrogens is 283 g/mol. The molecule has 0 amide bonds. The molecule has 1 aliphatic rings. The normalized spacial score (nSPS) is 14.0. The zero-order valence-corrected chi connectivity index (χ0v) is 12.2. The number of likely N-dealkylation sites (tertiary alicyclic amines) is 1. The molecule has 1 fully saturated rings. The fraction of sp³-hybridized carbons (Fsp3) is 0.375. The van der Waals surface area contributed by atoms with E-state index in [-0.39, 0.29) is 11.3 Å². The Bertz CT molecular complexity index is 608. The van der Waals surface area contributed by atoms with Gasteiger partial charge in [-0.1, -0.05) is 0 Å². The van der Waals surface area contributed by atoms with E-state index in [1.54, 1.807) is 18.2 Å². The molecule has 1 aliphatic heterocycles. The van der Waals surface area contributed by atoms with Crippen LogP contribution in [0.2, 0.25) is 0 Å². The Morgan fingerprint density at radius 1 is 1.32 bits per heavy atom. The lowest BCUT2D eigenvalue weighted by atomic mass is 10.3. The molecule has 0 bridgehead atoms. The summed E-state index contributed by atoms with van der Waals surface area (Å²) in [7, 11) is 0. The molecule has 0 saturated carbocycles. The minimum atomic E-state index is -0.477. The first-order chi connectivity index (χ1) is 10.7. The SMILES string of the molecule is N#CC(C#N)=CNc1ccc(OCCN2CCCC2)c(F)c1. The van der Waals surface area contributed by atoms with E-state index in [9.17, 15) is 4.39 Å². The van der Waals surface area contributed by atoms with Gasteiger partial charge in [0.25, 0.3) is 0 Å². The molecule has 1 aromatic rings. The van der Waals surface area contributed by atoms with Gasteiger partial charge in [-0.15, -0.1) is 0 Å².